The number of aliphatic imine (C=N–C) groups is 1. The second-order valence-corrected chi connectivity index (χ2v) is 6.84. The molecule has 0 bridgehead atoms. The number of hydrogen-bond donors (Lipinski definition) is 3. The zero-order chi connectivity index (χ0) is 12.6. The lowest BCUT2D eigenvalue weighted by Crippen LogP contribution is -2.54. The Morgan fingerprint density at radius 3 is 2.44 bits per heavy atom. The Morgan fingerprint density at radius 1 is 1.28 bits per heavy atom. The molecule has 0 saturated heterocycles. The third-order valence-electron chi connectivity index (χ3n) is 5.29. The van der Waals surface area contributed by atoms with E-state index in [2.05, 4.69) is 10.3 Å². The average molecular weight is 251 g/mol. The summed E-state index contributed by atoms with van der Waals surface area (Å²) in [7, 11) is 0. The molecule has 0 aromatic rings. The van der Waals surface area contributed by atoms with Crippen molar-refractivity contribution in [1.82, 2.24) is 5.32 Å². The fourth-order valence-corrected chi connectivity index (χ4v) is 3.90. The standard InChI is InChI=1S/C14H25N3O/c15-12(17-11-3-1-4-11)16-9-14(10-18)7-13(8-14)5-2-6-13/h11,18H,1-10H2,(H3,15,16,17). The van der Waals surface area contributed by atoms with Crippen LogP contribution < -0.4 is 11.1 Å². The predicted octanol–water partition coefficient (Wildman–Crippen LogP) is 1.39. The number of nitrogens with zero attached hydrogens (tertiary/aromatic N) is 1. The van der Waals surface area contributed by atoms with E-state index in [1.54, 1.807) is 0 Å². The highest BCUT2D eigenvalue weighted by Gasteiger charge is 2.56. The SMILES string of the molecule is NC(=NCC1(CO)CC2(CCC2)C1)NC1CCC1. The third-order valence-corrected chi connectivity index (χ3v) is 5.29. The van der Waals surface area contributed by atoms with Gasteiger partial charge in [0.1, 0.15) is 0 Å². The Kier molecular flexibility index (Phi) is 3.00. The molecule has 3 aliphatic rings. The van der Waals surface area contributed by atoms with Gasteiger partial charge in [-0.1, -0.05) is 6.42 Å². The first-order valence-corrected chi connectivity index (χ1v) is 7.33. The van der Waals surface area contributed by atoms with E-state index in [0.717, 1.165) is 12.8 Å². The van der Waals surface area contributed by atoms with Gasteiger partial charge in [-0.3, -0.25) is 4.99 Å². The van der Waals surface area contributed by atoms with E-state index in [1.807, 2.05) is 0 Å². The highest BCUT2D eigenvalue weighted by Crippen LogP contribution is 2.64. The molecule has 0 aliphatic heterocycles. The van der Waals surface area contributed by atoms with Gasteiger partial charge in [0.2, 0.25) is 0 Å². The van der Waals surface area contributed by atoms with Gasteiger partial charge in [-0.2, -0.15) is 0 Å². The highest BCUT2D eigenvalue weighted by molar-refractivity contribution is 5.78. The van der Waals surface area contributed by atoms with Crippen LogP contribution in [0.4, 0.5) is 0 Å². The van der Waals surface area contributed by atoms with Gasteiger partial charge in [-0.05, 0) is 50.4 Å². The van der Waals surface area contributed by atoms with Crippen LogP contribution in [-0.2, 0) is 0 Å². The lowest BCUT2D eigenvalue weighted by molar-refractivity contribution is -0.115. The molecule has 4 heteroatoms. The van der Waals surface area contributed by atoms with E-state index in [4.69, 9.17) is 5.73 Å². The summed E-state index contributed by atoms with van der Waals surface area (Å²) in [4.78, 5) is 4.46. The van der Waals surface area contributed by atoms with Crippen LogP contribution in [0.1, 0.15) is 51.4 Å². The molecule has 0 amide bonds. The second kappa shape index (κ2) is 4.41. The van der Waals surface area contributed by atoms with E-state index < -0.39 is 0 Å². The van der Waals surface area contributed by atoms with Crippen molar-refractivity contribution in [1.29, 1.82) is 0 Å². The summed E-state index contributed by atoms with van der Waals surface area (Å²) in [5, 5.41) is 12.9. The Morgan fingerprint density at radius 2 is 2.00 bits per heavy atom. The van der Waals surface area contributed by atoms with Crippen molar-refractivity contribution < 1.29 is 5.11 Å². The molecule has 3 saturated carbocycles. The summed E-state index contributed by atoms with van der Waals surface area (Å²) in [6.45, 7) is 0.950. The quantitative estimate of drug-likeness (QED) is 0.522. The van der Waals surface area contributed by atoms with Crippen molar-refractivity contribution in [3.05, 3.63) is 0 Å². The molecule has 18 heavy (non-hydrogen) atoms. The molecule has 0 atom stereocenters. The van der Waals surface area contributed by atoms with Gasteiger partial charge in [0.05, 0.1) is 13.2 Å². The van der Waals surface area contributed by atoms with Gasteiger partial charge in [0.25, 0.3) is 0 Å². The second-order valence-electron chi connectivity index (χ2n) is 6.84. The Bertz CT molecular complexity index is 337. The third kappa shape index (κ3) is 2.11. The molecule has 4 nitrogen and oxygen atoms in total. The molecule has 0 radical (unpaired) electrons. The maximum atomic E-state index is 9.61. The van der Waals surface area contributed by atoms with Crippen molar-refractivity contribution in [2.75, 3.05) is 13.2 Å². The zero-order valence-corrected chi connectivity index (χ0v) is 11.1. The fraction of sp³-hybridized carbons (Fsp3) is 0.929. The minimum Gasteiger partial charge on any atom is -0.396 e. The number of guanidine groups is 1. The van der Waals surface area contributed by atoms with Crippen molar-refractivity contribution in [3.8, 4) is 0 Å². The lowest BCUT2D eigenvalue weighted by Gasteiger charge is -2.60. The number of hydrogen-bond acceptors (Lipinski definition) is 2. The highest BCUT2D eigenvalue weighted by atomic mass is 16.3. The summed E-state index contributed by atoms with van der Waals surface area (Å²) < 4.78 is 0. The van der Waals surface area contributed by atoms with Gasteiger partial charge in [-0.15, -0.1) is 0 Å². The van der Waals surface area contributed by atoms with Gasteiger partial charge in [0.15, 0.2) is 5.96 Å². The topological polar surface area (TPSA) is 70.6 Å². The molecular weight excluding hydrogens is 226 g/mol. The van der Waals surface area contributed by atoms with Crippen molar-refractivity contribution in [2.45, 2.75) is 57.4 Å². The molecular formula is C14H25N3O. The molecule has 0 heterocycles. The number of aliphatic hydroxyl groups excluding tert-OH is 1. The van der Waals surface area contributed by atoms with E-state index in [1.165, 1.54) is 38.5 Å². The smallest absolute Gasteiger partial charge is 0.188 e. The van der Waals surface area contributed by atoms with E-state index in [0.29, 0.717) is 24.0 Å². The van der Waals surface area contributed by atoms with Crippen molar-refractivity contribution >= 4 is 5.96 Å². The van der Waals surface area contributed by atoms with Crippen LogP contribution >= 0.6 is 0 Å². The Balaban J connectivity index is 1.49. The molecule has 102 valence electrons. The first kappa shape index (κ1) is 12.3. The Labute approximate surface area is 109 Å². The Hall–Kier alpha value is -0.770. The first-order chi connectivity index (χ1) is 8.65. The molecule has 1 spiro atoms. The number of aliphatic hydroxyl groups is 1. The number of nitrogens with two attached hydrogens (primary N) is 1. The van der Waals surface area contributed by atoms with E-state index in [-0.39, 0.29) is 12.0 Å². The predicted molar refractivity (Wildman–Crippen MR) is 72.3 cm³/mol. The van der Waals surface area contributed by atoms with Crippen LogP contribution in [0.5, 0.6) is 0 Å². The number of rotatable bonds is 4. The first-order valence-electron chi connectivity index (χ1n) is 7.33. The lowest BCUT2D eigenvalue weighted by atomic mass is 9.45. The molecule has 3 fully saturated rings. The van der Waals surface area contributed by atoms with Crippen molar-refractivity contribution in [3.63, 3.8) is 0 Å². The maximum absolute atomic E-state index is 9.61. The zero-order valence-electron chi connectivity index (χ0n) is 11.1. The van der Waals surface area contributed by atoms with E-state index >= 15 is 0 Å². The largest absolute Gasteiger partial charge is 0.396 e. The van der Waals surface area contributed by atoms with Gasteiger partial charge in [0, 0.05) is 11.5 Å². The van der Waals surface area contributed by atoms with Gasteiger partial charge >= 0.3 is 0 Å². The molecule has 3 rings (SSSR count). The van der Waals surface area contributed by atoms with Crippen LogP contribution in [0, 0.1) is 10.8 Å². The summed E-state index contributed by atoms with van der Waals surface area (Å²) >= 11 is 0. The van der Waals surface area contributed by atoms with Gasteiger partial charge in [-0.25, -0.2) is 0 Å². The summed E-state index contributed by atoms with van der Waals surface area (Å²) in [5.74, 6) is 0.571. The van der Waals surface area contributed by atoms with Crippen LogP contribution in [0.15, 0.2) is 4.99 Å². The average Bonchev–Trinajstić information content (AvgIpc) is 2.20. The molecule has 3 aliphatic carbocycles. The minimum absolute atomic E-state index is 0.0341. The molecule has 0 unspecified atom stereocenters. The molecule has 4 N–H and O–H groups in total. The van der Waals surface area contributed by atoms with Crippen LogP contribution in [0.3, 0.4) is 0 Å². The monoisotopic (exact) mass is 251 g/mol. The van der Waals surface area contributed by atoms with Gasteiger partial charge < -0.3 is 16.2 Å². The van der Waals surface area contributed by atoms with Crippen LogP contribution in [-0.4, -0.2) is 30.3 Å². The maximum Gasteiger partial charge on any atom is 0.188 e. The summed E-state index contributed by atoms with van der Waals surface area (Å²) in [6, 6.07) is 0.540. The molecule has 0 aromatic carbocycles. The normalized spacial score (nSPS) is 29.3. The summed E-state index contributed by atoms with van der Waals surface area (Å²) in [5.41, 5.74) is 6.51. The number of nitrogens with one attached hydrogen (secondary N) is 1. The minimum atomic E-state index is 0.0341. The summed E-state index contributed by atoms with van der Waals surface area (Å²) in [6.07, 6.45) is 10.1. The van der Waals surface area contributed by atoms with Crippen LogP contribution in [0.25, 0.3) is 0 Å². The van der Waals surface area contributed by atoms with E-state index in [9.17, 15) is 5.11 Å². The fourth-order valence-electron chi connectivity index (χ4n) is 3.90. The van der Waals surface area contributed by atoms with Crippen molar-refractivity contribution in [2.24, 2.45) is 21.6 Å². The van der Waals surface area contributed by atoms with Crippen LogP contribution in [0.2, 0.25) is 0 Å². The molecule has 0 aromatic heterocycles.